The van der Waals surface area contributed by atoms with Crippen LogP contribution >= 0.6 is 0 Å². The van der Waals surface area contributed by atoms with Gasteiger partial charge in [-0.05, 0) is 31.8 Å². The number of hydrogen-bond acceptors (Lipinski definition) is 9. The predicted octanol–water partition coefficient (Wildman–Crippen LogP) is -2.23. The summed E-state index contributed by atoms with van der Waals surface area (Å²) in [6.45, 7) is 0.657. The number of aliphatic hydroxyl groups is 6. The molecule has 9 unspecified atom stereocenters. The van der Waals surface area contributed by atoms with Crippen LogP contribution in [0.5, 0.6) is 0 Å². The van der Waals surface area contributed by atoms with E-state index in [2.05, 4.69) is 0 Å². The van der Waals surface area contributed by atoms with Gasteiger partial charge in [0.2, 0.25) is 12.1 Å². The van der Waals surface area contributed by atoms with Crippen LogP contribution in [0.2, 0.25) is 0 Å². The molecule has 3 rings (SSSR count). The summed E-state index contributed by atoms with van der Waals surface area (Å²) < 4.78 is 16.0. The van der Waals surface area contributed by atoms with Crippen LogP contribution in [0.4, 0.5) is 0 Å². The number of aliphatic hydroxyl groups excluding tert-OH is 4. The highest BCUT2D eigenvalue weighted by atomic mass is 16.8. The standard InChI is InChI=1S/C15H24O9/c1-14(20)4-2-7-3-5-22-12(8(7)14)23-13-10(18)9(17)11(19)15(21,6-16)24-13/h3,5,7-13,16-21H,2,4,6H2,1H3. The minimum absolute atomic E-state index is 0.0201. The summed E-state index contributed by atoms with van der Waals surface area (Å²) >= 11 is 0. The minimum atomic E-state index is -2.48. The van der Waals surface area contributed by atoms with Gasteiger partial charge in [-0.3, -0.25) is 0 Å². The van der Waals surface area contributed by atoms with Crippen LogP contribution in [0.15, 0.2) is 12.3 Å². The van der Waals surface area contributed by atoms with Crippen molar-refractivity contribution in [3.05, 3.63) is 12.3 Å². The van der Waals surface area contributed by atoms with Crippen molar-refractivity contribution < 1.29 is 44.8 Å². The SMILES string of the molecule is CC1(O)CCC2C=COC(OC3OC(O)(CO)C(O)C(O)C3O)C21. The fraction of sp³-hybridized carbons (Fsp3) is 0.867. The third kappa shape index (κ3) is 2.85. The summed E-state index contributed by atoms with van der Waals surface area (Å²) in [6.07, 6.45) is -3.37. The third-order valence-electron chi connectivity index (χ3n) is 5.22. The third-order valence-corrected chi connectivity index (χ3v) is 5.22. The zero-order valence-corrected chi connectivity index (χ0v) is 13.2. The molecule has 1 saturated carbocycles. The van der Waals surface area contributed by atoms with Crippen molar-refractivity contribution in [1.82, 2.24) is 0 Å². The fourth-order valence-corrected chi connectivity index (χ4v) is 3.73. The van der Waals surface area contributed by atoms with Crippen molar-refractivity contribution in [3.8, 4) is 0 Å². The van der Waals surface area contributed by atoms with Gasteiger partial charge in [-0.25, -0.2) is 0 Å². The Kier molecular flexibility index (Phi) is 4.65. The molecule has 2 aliphatic heterocycles. The van der Waals surface area contributed by atoms with E-state index in [1.165, 1.54) is 6.26 Å². The zero-order valence-electron chi connectivity index (χ0n) is 13.2. The van der Waals surface area contributed by atoms with Crippen LogP contribution in [0, 0.1) is 11.8 Å². The van der Waals surface area contributed by atoms with Crippen molar-refractivity contribution in [2.24, 2.45) is 11.8 Å². The van der Waals surface area contributed by atoms with Crippen LogP contribution in [0.25, 0.3) is 0 Å². The Bertz CT molecular complexity index is 495. The average Bonchev–Trinajstić information content (AvgIpc) is 2.87. The highest BCUT2D eigenvalue weighted by Crippen LogP contribution is 2.46. The first-order valence-electron chi connectivity index (χ1n) is 7.95. The summed E-state index contributed by atoms with van der Waals surface area (Å²) in [6, 6.07) is 0. The lowest BCUT2D eigenvalue weighted by Crippen LogP contribution is -2.67. The van der Waals surface area contributed by atoms with E-state index < -0.39 is 54.8 Å². The first kappa shape index (κ1) is 18.0. The van der Waals surface area contributed by atoms with Crippen LogP contribution in [0.3, 0.4) is 0 Å². The first-order valence-corrected chi connectivity index (χ1v) is 7.95. The second-order valence-corrected chi connectivity index (χ2v) is 6.97. The maximum absolute atomic E-state index is 10.5. The van der Waals surface area contributed by atoms with E-state index >= 15 is 0 Å². The highest BCUT2D eigenvalue weighted by Gasteiger charge is 2.56. The van der Waals surface area contributed by atoms with E-state index in [0.29, 0.717) is 6.42 Å². The summed E-state index contributed by atoms with van der Waals surface area (Å²) in [5, 5.41) is 59.4. The van der Waals surface area contributed by atoms with Gasteiger partial charge in [0.15, 0.2) is 6.29 Å². The van der Waals surface area contributed by atoms with Crippen molar-refractivity contribution in [3.63, 3.8) is 0 Å². The summed E-state index contributed by atoms with van der Waals surface area (Å²) in [7, 11) is 0. The molecule has 6 N–H and O–H groups in total. The van der Waals surface area contributed by atoms with Gasteiger partial charge >= 0.3 is 0 Å². The first-order chi connectivity index (χ1) is 11.2. The normalized spacial score (nSPS) is 54.4. The van der Waals surface area contributed by atoms with Crippen molar-refractivity contribution in [2.75, 3.05) is 6.61 Å². The molecule has 138 valence electrons. The largest absolute Gasteiger partial charge is 0.472 e. The van der Waals surface area contributed by atoms with Crippen LogP contribution < -0.4 is 0 Å². The van der Waals surface area contributed by atoms with Crippen molar-refractivity contribution >= 4 is 0 Å². The molecule has 0 radical (unpaired) electrons. The topological polar surface area (TPSA) is 149 Å². The molecule has 24 heavy (non-hydrogen) atoms. The van der Waals surface area contributed by atoms with Gasteiger partial charge in [0.1, 0.15) is 18.3 Å². The Morgan fingerprint density at radius 1 is 1.17 bits per heavy atom. The van der Waals surface area contributed by atoms with Crippen LogP contribution in [-0.2, 0) is 14.2 Å². The van der Waals surface area contributed by atoms with Gasteiger partial charge in [-0.1, -0.05) is 0 Å². The molecule has 2 heterocycles. The van der Waals surface area contributed by atoms with E-state index in [1.807, 2.05) is 6.08 Å². The molecular formula is C15H24O9. The number of ether oxygens (including phenoxy) is 3. The van der Waals surface area contributed by atoms with E-state index in [0.717, 1.165) is 6.42 Å². The molecule has 0 aromatic heterocycles. The van der Waals surface area contributed by atoms with Gasteiger partial charge in [0, 0.05) is 0 Å². The molecule has 0 bridgehead atoms. The summed E-state index contributed by atoms with van der Waals surface area (Å²) in [5.41, 5.74) is -1.05. The molecule has 9 atom stereocenters. The molecule has 0 aromatic carbocycles. The molecule has 1 aliphatic carbocycles. The van der Waals surface area contributed by atoms with Gasteiger partial charge in [-0.15, -0.1) is 0 Å². The Morgan fingerprint density at radius 2 is 1.88 bits per heavy atom. The monoisotopic (exact) mass is 348 g/mol. The minimum Gasteiger partial charge on any atom is -0.472 e. The second kappa shape index (κ2) is 6.19. The van der Waals surface area contributed by atoms with E-state index in [-0.39, 0.29) is 5.92 Å². The highest BCUT2D eigenvalue weighted by molar-refractivity contribution is 5.06. The quantitative estimate of drug-likeness (QED) is 0.333. The maximum Gasteiger partial charge on any atom is 0.221 e. The van der Waals surface area contributed by atoms with Crippen LogP contribution in [-0.4, -0.2) is 79.5 Å². The summed E-state index contributed by atoms with van der Waals surface area (Å²) in [4.78, 5) is 0. The molecule has 0 amide bonds. The number of fused-ring (bicyclic) bond motifs is 1. The smallest absolute Gasteiger partial charge is 0.221 e. The lowest BCUT2D eigenvalue weighted by Gasteiger charge is -2.46. The van der Waals surface area contributed by atoms with E-state index in [1.54, 1.807) is 6.92 Å². The Morgan fingerprint density at radius 3 is 2.54 bits per heavy atom. The number of allylic oxidation sites excluding steroid dienone is 1. The lowest BCUT2D eigenvalue weighted by molar-refractivity contribution is -0.417. The maximum atomic E-state index is 10.5. The van der Waals surface area contributed by atoms with Crippen LogP contribution in [0.1, 0.15) is 19.8 Å². The van der Waals surface area contributed by atoms with Gasteiger partial charge in [0.25, 0.3) is 0 Å². The van der Waals surface area contributed by atoms with E-state index in [9.17, 15) is 30.6 Å². The molecule has 2 fully saturated rings. The zero-order chi connectivity index (χ0) is 17.7. The van der Waals surface area contributed by atoms with Gasteiger partial charge in [0.05, 0.1) is 24.4 Å². The molecule has 0 aromatic rings. The van der Waals surface area contributed by atoms with Gasteiger partial charge < -0.3 is 44.8 Å². The Balaban J connectivity index is 1.78. The molecule has 1 saturated heterocycles. The number of hydrogen-bond donors (Lipinski definition) is 6. The average molecular weight is 348 g/mol. The Hall–Kier alpha value is -0.780. The summed E-state index contributed by atoms with van der Waals surface area (Å²) in [5.74, 6) is -2.89. The molecule has 3 aliphatic rings. The predicted molar refractivity (Wildman–Crippen MR) is 76.9 cm³/mol. The molecule has 9 heteroatoms. The van der Waals surface area contributed by atoms with Gasteiger partial charge in [-0.2, -0.15) is 0 Å². The molecule has 9 nitrogen and oxygen atoms in total. The molecule has 0 spiro atoms. The second-order valence-electron chi connectivity index (χ2n) is 6.97. The van der Waals surface area contributed by atoms with Crippen molar-refractivity contribution in [1.29, 1.82) is 0 Å². The molecular weight excluding hydrogens is 324 g/mol. The lowest BCUT2D eigenvalue weighted by atomic mass is 9.85. The Labute approximate surface area is 138 Å². The fourth-order valence-electron chi connectivity index (χ4n) is 3.73. The van der Waals surface area contributed by atoms with E-state index in [4.69, 9.17) is 14.2 Å². The number of rotatable bonds is 3. The van der Waals surface area contributed by atoms with Crippen molar-refractivity contribution in [2.45, 2.75) is 62.0 Å².